The molecule has 0 aliphatic rings. The Bertz CT molecular complexity index is 790. The molecule has 0 aliphatic carbocycles. The van der Waals surface area contributed by atoms with Crippen LogP contribution < -0.4 is 20.5 Å². The van der Waals surface area contributed by atoms with Crippen LogP contribution in [0.4, 0.5) is 5.69 Å². The molecule has 0 spiro atoms. The quantitative estimate of drug-likeness (QED) is 0.355. The van der Waals surface area contributed by atoms with Crippen molar-refractivity contribution >= 4 is 17.5 Å². The number of ether oxygens (including phenoxy) is 3. The molecule has 2 aromatic rings. The Kier molecular flexibility index (Phi) is 7.05. The van der Waals surface area contributed by atoms with Crippen molar-refractivity contribution in [1.29, 1.82) is 5.41 Å². The van der Waals surface area contributed by atoms with E-state index in [1.807, 2.05) is 13.8 Å². The molecule has 0 amide bonds. The number of nitrogens with two attached hydrogens (primary N) is 1. The molecule has 2 aromatic carbocycles. The minimum absolute atomic E-state index is 0.0149. The smallest absolute Gasteiger partial charge is 0.332 e. The van der Waals surface area contributed by atoms with E-state index in [0.717, 1.165) is 0 Å². The maximum atomic E-state index is 12.4. The molecule has 7 heteroatoms. The number of carbonyl (C=O) groups is 1. The van der Waals surface area contributed by atoms with Crippen molar-refractivity contribution in [2.75, 3.05) is 25.6 Å². The summed E-state index contributed by atoms with van der Waals surface area (Å²) in [7, 11) is 1.34. The van der Waals surface area contributed by atoms with Crippen LogP contribution >= 0.6 is 0 Å². The first-order chi connectivity index (χ1) is 13.0. The van der Waals surface area contributed by atoms with Crippen LogP contribution in [0.1, 0.15) is 31.0 Å². The van der Waals surface area contributed by atoms with Gasteiger partial charge in [-0.2, -0.15) is 0 Å². The monoisotopic (exact) mass is 371 g/mol. The van der Waals surface area contributed by atoms with Crippen molar-refractivity contribution in [1.82, 2.24) is 0 Å². The predicted molar refractivity (Wildman–Crippen MR) is 105 cm³/mol. The molecule has 7 nitrogen and oxygen atoms in total. The van der Waals surface area contributed by atoms with Crippen molar-refractivity contribution in [2.45, 2.75) is 19.9 Å². The van der Waals surface area contributed by atoms with Crippen molar-refractivity contribution < 1.29 is 19.0 Å². The highest BCUT2D eigenvalue weighted by Gasteiger charge is 2.23. The van der Waals surface area contributed by atoms with E-state index in [1.165, 1.54) is 7.11 Å². The number of rotatable bonds is 9. The first-order valence-electron chi connectivity index (χ1n) is 8.68. The van der Waals surface area contributed by atoms with Gasteiger partial charge in [0.05, 0.1) is 20.3 Å². The molecule has 0 fully saturated rings. The van der Waals surface area contributed by atoms with Gasteiger partial charge in [0.25, 0.3) is 0 Å². The topological polar surface area (TPSA) is 107 Å². The van der Waals surface area contributed by atoms with Gasteiger partial charge in [-0.3, -0.25) is 5.41 Å². The molecule has 0 saturated heterocycles. The number of carbonyl (C=O) groups excluding carboxylic acids is 1. The van der Waals surface area contributed by atoms with Crippen molar-refractivity contribution in [3.8, 4) is 11.5 Å². The number of nitrogen functional groups attached to an aromatic ring is 1. The summed E-state index contributed by atoms with van der Waals surface area (Å²) in [5.74, 6) is 0.744. The average molecular weight is 371 g/mol. The second kappa shape index (κ2) is 9.47. The Morgan fingerprint density at radius 3 is 2.26 bits per heavy atom. The normalized spacial score (nSPS) is 11.4. The molecular weight excluding hydrogens is 346 g/mol. The largest absolute Gasteiger partial charge is 0.490 e. The molecule has 1 unspecified atom stereocenters. The molecule has 27 heavy (non-hydrogen) atoms. The lowest BCUT2D eigenvalue weighted by atomic mass is 10.1. The Balaban J connectivity index is 2.34. The maximum absolute atomic E-state index is 12.4. The van der Waals surface area contributed by atoms with Crippen LogP contribution in [0.2, 0.25) is 0 Å². The van der Waals surface area contributed by atoms with E-state index in [1.54, 1.807) is 42.5 Å². The third kappa shape index (κ3) is 5.13. The van der Waals surface area contributed by atoms with E-state index >= 15 is 0 Å². The van der Waals surface area contributed by atoms with Crippen LogP contribution in [0.25, 0.3) is 0 Å². The van der Waals surface area contributed by atoms with Gasteiger partial charge in [0.1, 0.15) is 5.84 Å². The van der Waals surface area contributed by atoms with E-state index in [9.17, 15) is 4.79 Å². The summed E-state index contributed by atoms with van der Waals surface area (Å²) in [6.45, 7) is 4.77. The highest BCUT2D eigenvalue weighted by molar-refractivity contribution is 5.95. The van der Waals surface area contributed by atoms with E-state index in [4.69, 9.17) is 25.4 Å². The molecule has 1 atom stereocenters. The fraction of sp³-hybridized carbons (Fsp3) is 0.300. The van der Waals surface area contributed by atoms with Gasteiger partial charge in [0.15, 0.2) is 17.5 Å². The molecule has 0 saturated carbocycles. The van der Waals surface area contributed by atoms with Crippen molar-refractivity contribution in [2.24, 2.45) is 5.73 Å². The first kappa shape index (κ1) is 20.1. The summed E-state index contributed by atoms with van der Waals surface area (Å²) < 4.78 is 16.2. The number of nitrogens with one attached hydrogen (secondary N) is 2. The van der Waals surface area contributed by atoms with Gasteiger partial charge in [-0.1, -0.05) is 6.07 Å². The van der Waals surface area contributed by atoms with Gasteiger partial charge < -0.3 is 25.3 Å². The summed E-state index contributed by atoms with van der Waals surface area (Å²) in [5.41, 5.74) is 7.46. The second-order valence-corrected chi connectivity index (χ2v) is 5.66. The lowest BCUT2D eigenvalue weighted by Gasteiger charge is -2.20. The predicted octanol–water partition coefficient (Wildman–Crippen LogP) is 3.09. The Hall–Kier alpha value is -3.22. The van der Waals surface area contributed by atoms with Crippen LogP contribution in [0.3, 0.4) is 0 Å². The van der Waals surface area contributed by atoms with Gasteiger partial charge in [-0.15, -0.1) is 0 Å². The number of methoxy groups -OCH3 is 1. The van der Waals surface area contributed by atoms with E-state index in [0.29, 0.717) is 41.5 Å². The van der Waals surface area contributed by atoms with Crippen LogP contribution in [0.5, 0.6) is 11.5 Å². The summed E-state index contributed by atoms with van der Waals surface area (Å²) >= 11 is 0. The van der Waals surface area contributed by atoms with E-state index < -0.39 is 12.0 Å². The third-order valence-electron chi connectivity index (χ3n) is 3.84. The first-order valence-corrected chi connectivity index (χ1v) is 8.68. The molecule has 0 heterocycles. The minimum atomic E-state index is -0.729. The molecule has 0 aromatic heterocycles. The molecule has 0 radical (unpaired) electrons. The van der Waals surface area contributed by atoms with Gasteiger partial charge >= 0.3 is 5.97 Å². The van der Waals surface area contributed by atoms with Crippen LogP contribution in [-0.2, 0) is 9.53 Å². The minimum Gasteiger partial charge on any atom is -0.490 e. The summed E-state index contributed by atoms with van der Waals surface area (Å²) in [6, 6.07) is 11.5. The molecule has 4 N–H and O–H groups in total. The van der Waals surface area contributed by atoms with Gasteiger partial charge in [-0.25, -0.2) is 4.79 Å². The van der Waals surface area contributed by atoms with E-state index in [-0.39, 0.29) is 5.84 Å². The van der Waals surface area contributed by atoms with Crippen molar-refractivity contribution in [3.63, 3.8) is 0 Å². The van der Waals surface area contributed by atoms with Crippen LogP contribution in [-0.4, -0.2) is 32.1 Å². The Morgan fingerprint density at radius 1 is 1.07 bits per heavy atom. The Labute approximate surface area is 158 Å². The van der Waals surface area contributed by atoms with Crippen LogP contribution in [0.15, 0.2) is 42.5 Å². The number of benzene rings is 2. The molecule has 0 aliphatic heterocycles. The second-order valence-electron chi connectivity index (χ2n) is 5.66. The van der Waals surface area contributed by atoms with E-state index in [2.05, 4.69) is 5.32 Å². The maximum Gasteiger partial charge on any atom is 0.332 e. The fourth-order valence-electron chi connectivity index (χ4n) is 2.56. The van der Waals surface area contributed by atoms with Gasteiger partial charge in [0, 0.05) is 11.3 Å². The number of amidine groups is 1. The van der Waals surface area contributed by atoms with Crippen molar-refractivity contribution in [3.05, 3.63) is 53.6 Å². The fourth-order valence-corrected chi connectivity index (χ4v) is 2.56. The lowest BCUT2D eigenvalue weighted by molar-refractivity contribution is -0.141. The molecule has 144 valence electrons. The summed E-state index contributed by atoms with van der Waals surface area (Å²) in [4.78, 5) is 12.4. The number of esters is 1. The third-order valence-corrected chi connectivity index (χ3v) is 3.84. The number of anilines is 1. The number of hydrogen-bond donors (Lipinski definition) is 3. The lowest BCUT2D eigenvalue weighted by Crippen LogP contribution is -2.22. The summed E-state index contributed by atoms with van der Waals surface area (Å²) in [5, 5.41) is 10.6. The highest BCUT2D eigenvalue weighted by Crippen LogP contribution is 2.32. The zero-order valence-electron chi connectivity index (χ0n) is 15.7. The SMILES string of the molecule is CCOc1ccc(C(Nc2ccc(C(=N)N)cc2)C(=O)OC)cc1OCC. The van der Waals surface area contributed by atoms with Gasteiger partial charge in [-0.05, 0) is 55.8 Å². The Morgan fingerprint density at radius 2 is 1.70 bits per heavy atom. The van der Waals surface area contributed by atoms with Gasteiger partial charge in [0.2, 0.25) is 0 Å². The zero-order valence-corrected chi connectivity index (χ0v) is 15.7. The van der Waals surface area contributed by atoms with Crippen LogP contribution in [0, 0.1) is 5.41 Å². The molecule has 2 rings (SSSR count). The molecular formula is C20H25N3O4. The standard InChI is InChI=1S/C20H25N3O4/c1-4-26-16-11-8-14(12-17(16)27-5-2)18(20(24)25-3)23-15-9-6-13(7-10-15)19(21)22/h6-12,18,23H,4-5H2,1-3H3,(H3,21,22). The number of hydrogen-bond acceptors (Lipinski definition) is 6. The highest BCUT2D eigenvalue weighted by atomic mass is 16.5. The molecule has 0 bridgehead atoms. The average Bonchev–Trinajstić information content (AvgIpc) is 2.67. The summed E-state index contributed by atoms with van der Waals surface area (Å²) in [6.07, 6.45) is 0. The zero-order chi connectivity index (χ0) is 19.8.